The van der Waals surface area contributed by atoms with Gasteiger partial charge in [-0.3, -0.25) is 4.79 Å². The number of carbonyl (C=O) groups excluding carboxylic acids is 1. The van der Waals surface area contributed by atoms with Gasteiger partial charge in [0, 0.05) is 23.9 Å². The average molecular weight is 264 g/mol. The Morgan fingerprint density at radius 3 is 2.84 bits per heavy atom. The molecule has 0 spiro atoms. The van der Waals surface area contributed by atoms with Crippen molar-refractivity contribution in [2.75, 3.05) is 26.0 Å². The third-order valence-electron chi connectivity index (χ3n) is 3.28. The molecule has 1 amide bonds. The zero-order valence-electron chi connectivity index (χ0n) is 11.6. The number of rotatable bonds is 2. The lowest BCUT2D eigenvalue weighted by atomic mass is 10.1. The summed E-state index contributed by atoms with van der Waals surface area (Å²) in [7, 11) is 1.56. The number of nitrogens with two attached hydrogens (primary N) is 1. The fourth-order valence-corrected chi connectivity index (χ4v) is 2.22. The molecule has 0 aliphatic carbocycles. The predicted molar refractivity (Wildman–Crippen MR) is 73.3 cm³/mol. The van der Waals surface area contributed by atoms with E-state index >= 15 is 0 Å². The van der Waals surface area contributed by atoms with E-state index in [-0.39, 0.29) is 18.1 Å². The minimum Gasteiger partial charge on any atom is -0.497 e. The van der Waals surface area contributed by atoms with E-state index in [1.165, 1.54) is 0 Å². The summed E-state index contributed by atoms with van der Waals surface area (Å²) >= 11 is 0. The van der Waals surface area contributed by atoms with Crippen LogP contribution in [0.1, 0.15) is 24.2 Å². The van der Waals surface area contributed by atoms with Crippen molar-refractivity contribution >= 4 is 11.6 Å². The molecule has 19 heavy (non-hydrogen) atoms. The van der Waals surface area contributed by atoms with Crippen LogP contribution in [0.15, 0.2) is 18.2 Å². The van der Waals surface area contributed by atoms with Crippen molar-refractivity contribution in [3.63, 3.8) is 0 Å². The van der Waals surface area contributed by atoms with Crippen molar-refractivity contribution in [1.82, 2.24) is 4.90 Å². The van der Waals surface area contributed by atoms with Gasteiger partial charge in [-0.15, -0.1) is 0 Å². The van der Waals surface area contributed by atoms with Crippen molar-refractivity contribution in [3.8, 4) is 5.75 Å². The van der Waals surface area contributed by atoms with Crippen LogP contribution < -0.4 is 10.5 Å². The molecule has 2 atom stereocenters. The lowest BCUT2D eigenvalue weighted by molar-refractivity contribution is -0.0387. The first-order valence-electron chi connectivity index (χ1n) is 6.38. The van der Waals surface area contributed by atoms with E-state index in [1.54, 1.807) is 25.3 Å². The smallest absolute Gasteiger partial charge is 0.254 e. The molecule has 1 fully saturated rings. The molecule has 0 bridgehead atoms. The van der Waals surface area contributed by atoms with E-state index in [0.717, 1.165) is 0 Å². The maximum absolute atomic E-state index is 12.5. The molecule has 1 aliphatic heterocycles. The first-order valence-corrected chi connectivity index (χ1v) is 6.38. The van der Waals surface area contributed by atoms with Gasteiger partial charge in [0.05, 0.1) is 25.9 Å². The molecule has 1 aromatic rings. The predicted octanol–water partition coefficient (Wildman–Crippen LogP) is 1.53. The van der Waals surface area contributed by atoms with Crippen LogP contribution in [0.2, 0.25) is 0 Å². The molecule has 104 valence electrons. The Morgan fingerprint density at radius 1 is 1.42 bits per heavy atom. The van der Waals surface area contributed by atoms with E-state index in [4.69, 9.17) is 15.2 Å². The third kappa shape index (κ3) is 2.98. The molecule has 1 saturated heterocycles. The topological polar surface area (TPSA) is 64.8 Å². The molecule has 5 nitrogen and oxygen atoms in total. The van der Waals surface area contributed by atoms with E-state index < -0.39 is 0 Å². The van der Waals surface area contributed by atoms with Crippen molar-refractivity contribution in [2.45, 2.75) is 26.0 Å². The lowest BCUT2D eigenvalue weighted by Crippen LogP contribution is -2.50. The molecule has 5 heteroatoms. The van der Waals surface area contributed by atoms with Crippen LogP contribution in [-0.4, -0.2) is 43.2 Å². The molecule has 0 radical (unpaired) electrons. The van der Waals surface area contributed by atoms with Crippen molar-refractivity contribution in [1.29, 1.82) is 0 Å². The highest BCUT2D eigenvalue weighted by Crippen LogP contribution is 2.22. The summed E-state index contributed by atoms with van der Waals surface area (Å²) < 4.78 is 10.7. The van der Waals surface area contributed by atoms with E-state index in [2.05, 4.69) is 0 Å². The highest BCUT2D eigenvalue weighted by atomic mass is 16.5. The second-order valence-corrected chi connectivity index (χ2v) is 4.95. The number of nitrogens with zero attached hydrogens (tertiary/aromatic N) is 1. The maximum atomic E-state index is 12.5. The molecule has 1 heterocycles. The van der Waals surface area contributed by atoms with Gasteiger partial charge < -0.3 is 20.1 Å². The Kier molecular flexibility index (Phi) is 3.95. The van der Waals surface area contributed by atoms with Crippen LogP contribution in [0.4, 0.5) is 5.69 Å². The van der Waals surface area contributed by atoms with Gasteiger partial charge in [-0.2, -0.15) is 0 Å². The molecular weight excluding hydrogens is 244 g/mol. The van der Waals surface area contributed by atoms with E-state index in [9.17, 15) is 4.79 Å². The zero-order valence-corrected chi connectivity index (χ0v) is 11.6. The molecule has 0 aromatic heterocycles. The standard InChI is InChI=1S/C14H20N2O3/c1-9-8-19-10(2)7-16(9)14(17)11-4-12(15)6-13(5-11)18-3/h4-6,9-10H,7-8,15H2,1-3H3. The summed E-state index contributed by atoms with van der Waals surface area (Å²) in [5.41, 5.74) is 6.87. The van der Waals surface area contributed by atoms with Crippen molar-refractivity contribution in [2.24, 2.45) is 0 Å². The first-order chi connectivity index (χ1) is 9.01. The van der Waals surface area contributed by atoms with Crippen LogP contribution in [0, 0.1) is 0 Å². The lowest BCUT2D eigenvalue weighted by Gasteiger charge is -2.36. The first kappa shape index (κ1) is 13.7. The largest absolute Gasteiger partial charge is 0.497 e. The molecule has 2 rings (SSSR count). The van der Waals surface area contributed by atoms with Crippen LogP contribution in [0.3, 0.4) is 0 Å². The number of hydrogen-bond acceptors (Lipinski definition) is 4. The average Bonchev–Trinajstić information content (AvgIpc) is 2.40. The summed E-state index contributed by atoms with van der Waals surface area (Å²) in [6.07, 6.45) is 0.0584. The highest BCUT2D eigenvalue weighted by Gasteiger charge is 2.28. The molecule has 0 saturated carbocycles. The number of carbonyl (C=O) groups is 1. The summed E-state index contributed by atoms with van der Waals surface area (Å²) in [6, 6.07) is 5.15. The molecular formula is C14H20N2O3. The van der Waals surface area contributed by atoms with Crippen molar-refractivity contribution < 1.29 is 14.3 Å². The minimum absolute atomic E-state index is 0.0340. The summed E-state index contributed by atoms with van der Waals surface area (Å²) in [5, 5.41) is 0. The number of benzene rings is 1. The van der Waals surface area contributed by atoms with Gasteiger partial charge >= 0.3 is 0 Å². The fraction of sp³-hybridized carbons (Fsp3) is 0.500. The van der Waals surface area contributed by atoms with Gasteiger partial charge in [0.1, 0.15) is 5.75 Å². The summed E-state index contributed by atoms with van der Waals surface area (Å²) in [6.45, 7) is 5.10. The zero-order chi connectivity index (χ0) is 14.0. The number of morpholine rings is 1. The quantitative estimate of drug-likeness (QED) is 0.823. The minimum atomic E-state index is -0.0340. The SMILES string of the molecule is COc1cc(N)cc(C(=O)N2CC(C)OCC2C)c1. The molecule has 1 aromatic carbocycles. The fourth-order valence-electron chi connectivity index (χ4n) is 2.22. The number of ether oxygens (including phenoxy) is 2. The van der Waals surface area contributed by atoms with Crippen LogP contribution >= 0.6 is 0 Å². The molecule has 2 N–H and O–H groups in total. The number of hydrogen-bond donors (Lipinski definition) is 1. The number of anilines is 1. The second kappa shape index (κ2) is 5.48. The van der Waals surface area contributed by atoms with Gasteiger partial charge in [-0.25, -0.2) is 0 Å². The number of methoxy groups -OCH3 is 1. The Hall–Kier alpha value is -1.75. The molecule has 2 unspecified atom stereocenters. The van der Waals surface area contributed by atoms with Crippen LogP contribution in [0.5, 0.6) is 5.75 Å². The Bertz CT molecular complexity index is 476. The second-order valence-electron chi connectivity index (χ2n) is 4.95. The Labute approximate surface area is 113 Å². The van der Waals surface area contributed by atoms with Crippen molar-refractivity contribution in [3.05, 3.63) is 23.8 Å². The van der Waals surface area contributed by atoms with Crippen LogP contribution in [0.25, 0.3) is 0 Å². The van der Waals surface area contributed by atoms with Gasteiger partial charge in [-0.05, 0) is 26.0 Å². The Balaban J connectivity index is 2.25. The van der Waals surface area contributed by atoms with Gasteiger partial charge in [0.25, 0.3) is 5.91 Å². The van der Waals surface area contributed by atoms with Gasteiger partial charge in [0.15, 0.2) is 0 Å². The number of nitrogen functional groups attached to an aromatic ring is 1. The van der Waals surface area contributed by atoms with Gasteiger partial charge in [-0.1, -0.05) is 0 Å². The summed E-state index contributed by atoms with van der Waals surface area (Å²) in [4.78, 5) is 14.4. The highest BCUT2D eigenvalue weighted by molar-refractivity contribution is 5.95. The van der Waals surface area contributed by atoms with Gasteiger partial charge in [0.2, 0.25) is 0 Å². The Morgan fingerprint density at radius 2 is 2.16 bits per heavy atom. The third-order valence-corrected chi connectivity index (χ3v) is 3.28. The normalized spacial score (nSPS) is 23.2. The van der Waals surface area contributed by atoms with E-state index in [1.807, 2.05) is 18.7 Å². The molecule has 1 aliphatic rings. The maximum Gasteiger partial charge on any atom is 0.254 e. The van der Waals surface area contributed by atoms with Crippen LogP contribution in [-0.2, 0) is 4.74 Å². The van der Waals surface area contributed by atoms with E-state index in [0.29, 0.717) is 30.2 Å². The monoisotopic (exact) mass is 264 g/mol. The summed E-state index contributed by atoms with van der Waals surface area (Å²) in [5.74, 6) is 0.561. The number of amides is 1.